The van der Waals surface area contributed by atoms with Gasteiger partial charge in [-0.15, -0.1) is 0 Å². The van der Waals surface area contributed by atoms with Gasteiger partial charge < -0.3 is 25.8 Å². The van der Waals surface area contributed by atoms with Crippen molar-refractivity contribution >= 4 is 146 Å². The second kappa shape index (κ2) is 18.8. The van der Waals surface area contributed by atoms with Gasteiger partial charge in [-0.2, -0.15) is 0 Å². The van der Waals surface area contributed by atoms with Crippen molar-refractivity contribution in [3.63, 3.8) is 0 Å². The summed E-state index contributed by atoms with van der Waals surface area (Å²) in [4.78, 5) is 0. The maximum Gasteiger partial charge on any atom is 0.453 e. The second-order valence-electron chi connectivity index (χ2n) is 19.9. The Morgan fingerprint density at radius 1 is 0.347 bits per heavy atom. The lowest BCUT2D eigenvalue weighted by Crippen LogP contribution is -2.06. The maximum absolute atomic E-state index is 7.34. The molecule has 0 amide bonds. The van der Waals surface area contributed by atoms with Crippen LogP contribution >= 0.6 is 80.2 Å². The van der Waals surface area contributed by atoms with Crippen LogP contribution in [0.3, 0.4) is 0 Å². The molecule has 4 aliphatic carbocycles. The molecular weight excluding hydrogens is 1200 g/mol. The van der Waals surface area contributed by atoms with E-state index >= 15 is 0 Å². The molecule has 0 bridgehead atoms. The third kappa shape index (κ3) is 7.78. The number of hydrogen-bond donors (Lipinski definition) is 0. The Labute approximate surface area is 452 Å². The highest BCUT2D eigenvalue weighted by molar-refractivity contribution is 9.11. The van der Waals surface area contributed by atoms with Crippen LogP contribution < -0.4 is 9.05 Å². The fourth-order valence-corrected chi connectivity index (χ4v) is 17.5. The number of aryl methyl sites for hydroxylation is 8. The van der Waals surface area contributed by atoms with E-state index in [1.807, 2.05) is 0 Å². The first kappa shape index (κ1) is 46.2. The van der Waals surface area contributed by atoms with Crippen LogP contribution in [0.4, 0.5) is 0 Å². The number of fused-ring (bicyclic) bond motifs is 16. The molecule has 0 atom stereocenters. The minimum absolute atomic E-state index is 0.615. The highest BCUT2D eigenvalue weighted by Gasteiger charge is 2.29. The van der Waals surface area contributed by atoms with Crippen molar-refractivity contribution in [2.45, 2.75) is 103 Å². The van der Waals surface area contributed by atoms with Crippen molar-refractivity contribution in [2.75, 3.05) is 0 Å². The van der Waals surface area contributed by atoms with E-state index in [0.717, 1.165) is 171 Å². The van der Waals surface area contributed by atoms with Crippen molar-refractivity contribution in [3.05, 3.63) is 159 Å². The van der Waals surface area contributed by atoms with E-state index < -0.39 is 16.5 Å². The Kier molecular flexibility index (Phi) is 12.0. The molecule has 8 aromatic carbocycles. The van der Waals surface area contributed by atoms with Gasteiger partial charge >= 0.3 is 16.5 Å². The fraction of sp³-hybridized carbons (Fsp3) is 0.267. The van der Waals surface area contributed by atoms with Gasteiger partial charge in [0.1, 0.15) is 11.5 Å². The molecule has 2 aromatic heterocycles. The zero-order valence-corrected chi connectivity index (χ0v) is 47.5. The lowest BCUT2D eigenvalue weighted by atomic mass is 9.84. The number of rotatable bonds is 5. The monoisotopic (exact) mass is 1240 g/mol. The lowest BCUT2D eigenvalue weighted by Gasteiger charge is -2.21. The molecular formula is C60H48Br4O6P2. The highest BCUT2D eigenvalue weighted by atomic mass is 79.9. The van der Waals surface area contributed by atoms with Gasteiger partial charge in [0.25, 0.3) is 0 Å². The van der Waals surface area contributed by atoms with Gasteiger partial charge in [-0.05, 0) is 269 Å². The summed E-state index contributed by atoms with van der Waals surface area (Å²) >= 11 is 16.1. The van der Waals surface area contributed by atoms with Crippen LogP contribution in [0.15, 0.2) is 132 Å². The van der Waals surface area contributed by atoms with E-state index in [1.54, 1.807) is 0 Å². The number of hydrogen-bond acceptors (Lipinski definition) is 6. The Bertz CT molecular complexity index is 3600. The van der Waals surface area contributed by atoms with Crippen LogP contribution in [0.5, 0.6) is 11.5 Å². The quantitative estimate of drug-likeness (QED) is 0.171. The largest absolute Gasteiger partial charge is 0.453 e. The molecule has 0 spiro atoms. The van der Waals surface area contributed by atoms with Gasteiger partial charge in [-0.1, -0.05) is 60.7 Å². The number of halogens is 4. The molecule has 0 N–H and O–H groups in total. The molecule has 6 nitrogen and oxygen atoms in total. The summed E-state index contributed by atoms with van der Waals surface area (Å²) in [5, 5.41) is 8.73. The Balaban J connectivity index is 1.02. The SMILES string of the molecule is Brc1cc2c(c3c1op(Oc1ccc4ccccc4c1-c1c(Op4oc5c(Br)cc6c(c5c5c7c(cc(Br)c5o4)CCCC7)CCCC6)ccc4ccccc14)oc1c(Br)cc4c(c13)CCCC4)CCCC2. The van der Waals surface area contributed by atoms with E-state index in [4.69, 9.17) is 25.8 Å². The van der Waals surface area contributed by atoms with Gasteiger partial charge in [-0.25, -0.2) is 0 Å². The summed E-state index contributed by atoms with van der Waals surface area (Å²) in [5.41, 5.74) is 15.9. The molecule has 10 aromatic rings. The van der Waals surface area contributed by atoms with Gasteiger partial charge in [0, 0.05) is 32.7 Å². The normalized spacial score (nSPS) is 15.4. The molecule has 72 heavy (non-hydrogen) atoms. The van der Waals surface area contributed by atoms with Crippen molar-refractivity contribution in [2.24, 2.45) is 0 Å². The smallest absolute Gasteiger partial charge is 0.390 e. The van der Waals surface area contributed by atoms with E-state index in [1.165, 1.54) is 70.2 Å². The summed E-state index contributed by atoms with van der Waals surface area (Å²) in [6.07, 6.45) is 17.5. The molecule has 0 saturated heterocycles. The van der Waals surface area contributed by atoms with Crippen LogP contribution in [0.25, 0.3) is 76.5 Å². The first-order valence-corrected chi connectivity index (χ1v) is 30.8. The van der Waals surface area contributed by atoms with Crippen LogP contribution in [0, 0.1) is 0 Å². The minimum Gasteiger partial charge on any atom is -0.390 e. The lowest BCUT2D eigenvalue weighted by molar-refractivity contribution is 0.493. The Morgan fingerprint density at radius 3 is 0.958 bits per heavy atom. The predicted octanol–water partition coefficient (Wildman–Crippen LogP) is 21.1. The van der Waals surface area contributed by atoms with E-state index in [9.17, 15) is 0 Å². The average molecular weight is 1250 g/mol. The van der Waals surface area contributed by atoms with Crippen LogP contribution in [0.2, 0.25) is 0 Å². The van der Waals surface area contributed by atoms with Crippen LogP contribution in [0.1, 0.15) is 95.9 Å². The second-order valence-corrected chi connectivity index (χ2v) is 25.4. The molecule has 0 saturated carbocycles. The van der Waals surface area contributed by atoms with E-state index in [2.05, 4.69) is 161 Å². The van der Waals surface area contributed by atoms with Gasteiger partial charge in [0.2, 0.25) is 0 Å². The highest BCUT2D eigenvalue weighted by Crippen LogP contribution is 2.54. The average Bonchev–Trinajstić information content (AvgIpc) is 3.70. The third-order valence-electron chi connectivity index (χ3n) is 15.8. The molecule has 0 radical (unpaired) electrons. The Morgan fingerprint density at radius 2 is 0.639 bits per heavy atom. The topological polar surface area (TPSA) is 71.0 Å². The maximum atomic E-state index is 7.34. The first-order chi connectivity index (χ1) is 35.3. The first-order valence-electron chi connectivity index (χ1n) is 25.4. The summed E-state index contributed by atoms with van der Waals surface area (Å²) in [6, 6.07) is 34.4. The zero-order chi connectivity index (χ0) is 48.2. The molecule has 2 heterocycles. The van der Waals surface area contributed by atoms with Crippen molar-refractivity contribution in [1.29, 1.82) is 0 Å². The molecule has 0 unspecified atom stereocenters. The summed E-state index contributed by atoms with van der Waals surface area (Å²) in [7, 11) is -4.14. The molecule has 12 heteroatoms. The van der Waals surface area contributed by atoms with E-state index in [-0.39, 0.29) is 0 Å². The van der Waals surface area contributed by atoms with E-state index in [0.29, 0.717) is 11.5 Å². The number of benzene rings is 8. The predicted molar refractivity (Wildman–Crippen MR) is 309 cm³/mol. The summed E-state index contributed by atoms with van der Waals surface area (Å²) in [6.45, 7) is 0. The van der Waals surface area contributed by atoms with Crippen LogP contribution in [-0.2, 0) is 51.4 Å². The summed E-state index contributed by atoms with van der Waals surface area (Å²) < 4.78 is 47.1. The summed E-state index contributed by atoms with van der Waals surface area (Å²) in [5.74, 6) is 1.23. The van der Waals surface area contributed by atoms with Crippen LogP contribution in [-0.4, -0.2) is 0 Å². The van der Waals surface area contributed by atoms with Crippen molar-refractivity contribution in [3.8, 4) is 22.6 Å². The molecule has 4 aliphatic rings. The molecule has 14 rings (SSSR count). The Hall–Kier alpha value is -4.40. The van der Waals surface area contributed by atoms with Gasteiger partial charge in [0.05, 0.1) is 17.9 Å². The standard InChI is InChI=1S/C60H48Br4O6P2/c61-45-29-35-15-3-9-21-41(35)53-54-42-22-10-4-16-36(42)30-46(62)58(54)68-71(67-57(45)53)65-49-27-25-33-13-1-7-19-39(33)51(49)52-40-20-8-2-14-34(40)26-28-50(52)66-72-69-59-47(63)31-37-17-5-11-23-43(37)55(59)56-44-24-12-6-18-38(44)32-48(64)60(56)70-72/h1-2,7-8,13-14,19-20,25-32H,3-6,9-12,15-18,21-24H2. The molecule has 0 fully saturated rings. The minimum atomic E-state index is -2.07. The molecule has 0 aliphatic heterocycles. The fourth-order valence-electron chi connectivity index (χ4n) is 12.6. The van der Waals surface area contributed by atoms with Gasteiger partial charge in [0.15, 0.2) is 22.3 Å². The third-order valence-corrected chi connectivity index (χ3v) is 20.1. The zero-order valence-electron chi connectivity index (χ0n) is 39.4. The van der Waals surface area contributed by atoms with Crippen molar-refractivity contribution in [1.82, 2.24) is 0 Å². The van der Waals surface area contributed by atoms with Crippen molar-refractivity contribution < 1.29 is 25.8 Å². The van der Waals surface area contributed by atoms with Gasteiger partial charge in [-0.3, -0.25) is 0 Å². The molecule has 362 valence electrons.